The molecule has 0 amide bonds. The van der Waals surface area contributed by atoms with Crippen LogP contribution in [-0.4, -0.2) is 19.6 Å². The SMILES string of the molecule is COC(=O)CCNP(=O)(Nc1ccc(C)cc1)Oc1ccccc1. The molecule has 0 spiro atoms. The van der Waals surface area contributed by atoms with E-state index in [0.29, 0.717) is 11.4 Å². The minimum atomic E-state index is -3.45. The second-order valence-corrected chi connectivity index (χ2v) is 6.99. The van der Waals surface area contributed by atoms with Gasteiger partial charge >= 0.3 is 13.6 Å². The average Bonchev–Trinajstić information content (AvgIpc) is 2.57. The van der Waals surface area contributed by atoms with Crippen LogP contribution < -0.4 is 14.7 Å². The highest BCUT2D eigenvalue weighted by molar-refractivity contribution is 7.58. The number of esters is 1. The molecule has 2 aromatic rings. The fraction of sp³-hybridized carbons (Fsp3) is 0.235. The van der Waals surface area contributed by atoms with Gasteiger partial charge in [0.15, 0.2) is 0 Å². The highest BCUT2D eigenvalue weighted by Crippen LogP contribution is 2.43. The van der Waals surface area contributed by atoms with Crippen LogP contribution in [-0.2, 0) is 14.1 Å². The van der Waals surface area contributed by atoms with Gasteiger partial charge in [-0.1, -0.05) is 35.9 Å². The highest BCUT2D eigenvalue weighted by Gasteiger charge is 2.25. The first-order valence-corrected chi connectivity index (χ1v) is 9.15. The van der Waals surface area contributed by atoms with Gasteiger partial charge in [0.2, 0.25) is 0 Å². The van der Waals surface area contributed by atoms with E-state index in [1.54, 1.807) is 24.3 Å². The highest BCUT2D eigenvalue weighted by atomic mass is 31.2. The third-order valence-electron chi connectivity index (χ3n) is 3.18. The number of benzene rings is 2. The van der Waals surface area contributed by atoms with Gasteiger partial charge in [-0.05, 0) is 31.2 Å². The van der Waals surface area contributed by atoms with Gasteiger partial charge in [-0.25, -0.2) is 9.65 Å². The number of aryl methyl sites for hydroxylation is 1. The number of ether oxygens (including phenoxy) is 1. The second-order valence-electron chi connectivity index (χ2n) is 5.17. The summed E-state index contributed by atoms with van der Waals surface area (Å²) in [6.45, 7) is 2.13. The summed E-state index contributed by atoms with van der Waals surface area (Å²) in [5, 5.41) is 5.69. The van der Waals surface area contributed by atoms with Crippen molar-refractivity contribution in [2.24, 2.45) is 0 Å². The van der Waals surface area contributed by atoms with E-state index in [4.69, 9.17) is 4.52 Å². The molecular weight excluding hydrogens is 327 g/mol. The van der Waals surface area contributed by atoms with Crippen molar-refractivity contribution in [1.82, 2.24) is 5.09 Å². The number of hydrogen-bond acceptors (Lipinski definition) is 4. The Morgan fingerprint density at radius 1 is 1.08 bits per heavy atom. The van der Waals surface area contributed by atoms with E-state index in [1.807, 2.05) is 37.3 Å². The number of hydrogen-bond donors (Lipinski definition) is 2. The second kappa shape index (κ2) is 8.52. The Morgan fingerprint density at radius 3 is 2.38 bits per heavy atom. The number of rotatable bonds is 8. The van der Waals surface area contributed by atoms with Crippen LogP contribution in [0.5, 0.6) is 5.75 Å². The molecule has 0 saturated heterocycles. The maximum absolute atomic E-state index is 13.1. The largest absolute Gasteiger partial charge is 0.469 e. The minimum absolute atomic E-state index is 0.0915. The molecule has 2 rings (SSSR count). The molecule has 24 heavy (non-hydrogen) atoms. The first kappa shape index (κ1) is 18.0. The molecule has 0 aliphatic rings. The summed E-state index contributed by atoms with van der Waals surface area (Å²) in [7, 11) is -2.14. The van der Waals surface area contributed by atoms with E-state index in [0.717, 1.165) is 5.56 Å². The van der Waals surface area contributed by atoms with Gasteiger partial charge in [-0.15, -0.1) is 0 Å². The van der Waals surface area contributed by atoms with Gasteiger partial charge in [-0.2, -0.15) is 0 Å². The lowest BCUT2D eigenvalue weighted by atomic mass is 10.2. The number of carbonyl (C=O) groups is 1. The van der Waals surface area contributed by atoms with Crippen LogP contribution in [0.2, 0.25) is 0 Å². The van der Waals surface area contributed by atoms with Crippen molar-refractivity contribution < 1.29 is 18.6 Å². The Kier molecular flexibility index (Phi) is 6.41. The molecular formula is C17H21N2O4P. The van der Waals surface area contributed by atoms with Crippen molar-refractivity contribution in [3.63, 3.8) is 0 Å². The first-order valence-electron chi connectivity index (χ1n) is 7.52. The van der Waals surface area contributed by atoms with Crippen LogP contribution in [0.3, 0.4) is 0 Å². The molecule has 0 aliphatic carbocycles. The van der Waals surface area contributed by atoms with Gasteiger partial charge < -0.3 is 9.26 Å². The summed E-state index contributed by atoms with van der Waals surface area (Å²) in [5.74, 6) is 0.0788. The van der Waals surface area contributed by atoms with Crippen molar-refractivity contribution in [3.8, 4) is 5.75 Å². The third-order valence-corrected chi connectivity index (χ3v) is 4.84. The normalized spacial score (nSPS) is 12.9. The van der Waals surface area contributed by atoms with Crippen LogP contribution in [0.1, 0.15) is 12.0 Å². The van der Waals surface area contributed by atoms with Gasteiger partial charge in [0.05, 0.1) is 13.5 Å². The van der Waals surface area contributed by atoms with E-state index in [2.05, 4.69) is 14.9 Å². The summed E-state index contributed by atoms with van der Waals surface area (Å²) in [6.07, 6.45) is 0.0915. The molecule has 0 saturated carbocycles. The maximum Gasteiger partial charge on any atom is 0.417 e. The summed E-state index contributed by atoms with van der Waals surface area (Å²) in [5.41, 5.74) is 1.75. The number of para-hydroxylation sites is 1. The molecule has 2 aromatic carbocycles. The van der Waals surface area contributed by atoms with Gasteiger partial charge in [0, 0.05) is 12.2 Å². The van der Waals surface area contributed by atoms with E-state index in [1.165, 1.54) is 7.11 Å². The fourth-order valence-electron chi connectivity index (χ4n) is 1.93. The zero-order valence-corrected chi connectivity index (χ0v) is 14.6. The molecule has 7 heteroatoms. The average molecular weight is 348 g/mol. The lowest BCUT2D eigenvalue weighted by Crippen LogP contribution is -2.23. The number of methoxy groups -OCH3 is 1. The third kappa shape index (κ3) is 5.72. The molecule has 1 atom stereocenters. The van der Waals surface area contributed by atoms with Crippen LogP contribution in [0, 0.1) is 6.92 Å². The van der Waals surface area contributed by atoms with Crippen molar-refractivity contribution in [3.05, 3.63) is 60.2 Å². The number of anilines is 1. The molecule has 0 fully saturated rings. The zero-order valence-electron chi connectivity index (χ0n) is 13.7. The summed E-state index contributed by atoms with van der Waals surface area (Å²) < 4.78 is 23.3. The topological polar surface area (TPSA) is 76.7 Å². The predicted molar refractivity (Wildman–Crippen MR) is 94.1 cm³/mol. The lowest BCUT2D eigenvalue weighted by Gasteiger charge is -2.22. The summed E-state index contributed by atoms with van der Waals surface area (Å²) >= 11 is 0. The molecule has 0 heterocycles. The maximum atomic E-state index is 13.1. The van der Waals surface area contributed by atoms with Gasteiger partial charge in [0.1, 0.15) is 5.75 Å². The fourth-order valence-corrected chi connectivity index (χ4v) is 3.43. The molecule has 0 aromatic heterocycles. The molecule has 0 bridgehead atoms. The summed E-state index contributed by atoms with van der Waals surface area (Å²) in [6, 6.07) is 16.3. The lowest BCUT2D eigenvalue weighted by molar-refractivity contribution is -0.140. The molecule has 0 radical (unpaired) electrons. The molecule has 1 unspecified atom stereocenters. The Bertz CT molecular complexity index is 704. The Hall–Kier alpha value is -2.30. The predicted octanol–water partition coefficient (Wildman–Crippen LogP) is 3.75. The summed E-state index contributed by atoms with van der Waals surface area (Å²) in [4.78, 5) is 11.2. The Balaban J connectivity index is 2.11. The standard InChI is InChI=1S/C17H21N2O4P/c1-14-8-10-15(11-9-14)19-24(21,18-13-12-17(20)22-2)23-16-6-4-3-5-7-16/h3-11H,12-13H2,1-2H3,(H2,18,19,21). The van der Waals surface area contributed by atoms with Gasteiger partial charge in [-0.3, -0.25) is 9.88 Å². The van der Waals surface area contributed by atoms with Crippen molar-refractivity contribution in [2.75, 3.05) is 18.7 Å². The zero-order chi connectivity index (χ0) is 17.4. The first-order chi connectivity index (χ1) is 11.5. The molecule has 128 valence electrons. The van der Waals surface area contributed by atoms with Crippen molar-refractivity contribution in [2.45, 2.75) is 13.3 Å². The van der Waals surface area contributed by atoms with E-state index < -0.39 is 7.67 Å². The minimum Gasteiger partial charge on any atom is -0.469 e. The Labute approximate surface area is 141 Å². The monoisotopic (exact) mass is 348 g/mol. The van der Waals surface area contributed by atoms with E-state index >= 15 is 0 Å². The van der Waals surface area contributed by atoms with Crippen molar-refractivity contribution in [1.29, 1.82) is 0 Å². The van der Waals surface area contributed by atoms with Crippen LogP contribution in [0.15, 0.2) is 54.6 Å². The molecule has 0 aliphatic heterocycles. The van der Waals surface area contributed by atoms with Gasteiger partial charge in [0.25, 0.3) is 0 Å². The van der Waals surface area contributed by atoms with Crippen LogP contribution in [0.25, 0.3) is 0 Å². The quantitative estimate of drug-likeness (QED) is 0.559. The molecule has 2 N–H and O–H groups in total. The van der Waals surface area contributed by atoms with Crippen LogP contribution >= 0.6 is 7.67 Å². The smallest absolute Gasteiger partial charge is 0.417 e. The van der Waals surface area contributed by atoms with Crippen molar-refractivity contribution >= 4 is 19.3 Å². The van der Waals surface area contributed by atoms with Crippen LogP contribution in [0.4, 0.5) is 5.69 Å². The van der Waals surface area contributed by atoms with E-state index in [9.17, 15) is 9.36 Å². The van der Waals surface area contributed by atoms with E-state index in [-0.39, 0.29) is 18.9 Å². The number of carbonyl (C=O) groups excluding carboxylic acids is 1. The number of nitrogens with one attached hydrogen (secondary N) is 2. The Morgan fingerprint density at radius 2 is 1.75 bits per heavy atom. The molecule has 6 nitrogen and oxygen atoms in total.